The number of aryl methyl sites for hydroxylation is 1. The number of hydrogen-bond donors (Lipinski definition) is 2. The summed E-state index contributed by atoms with van der Waals surface area (Å²) >= 11 is 5.93. The van der Waals surface area contributed by atoms with Gasteiger partial charge in [0.2, 0.25) is 0 Å². The van der Waals surface area contributed by atoms with Gasteiger partial charge in [0, 0.05) is 36.9 Å². The van der Waals surface area contributed by atoms with Gasteiger partial charge in [-0.2, -0.15) is 18.3 Å². The van der Waals surface area contributed by atoms with Crippen LogP contribution in [0.1, 0.15) is 23.6 Å². The quantitative estimate of drug-likeness (QED) is 0.874. The standard InChI is InChI=1S/C15H17ClF3N3O/c1-14(23,12-7-21-22(2)8-12)9-20-6-10-5-11(15(17,18)19)3-4-13(10)16/h3-5,7-8,20,23H,6,9H2,1-2H3/t14-/m1/s1. The van der Waals surface area contributed by atoms with Gasteiger partial charge in [-0.15, -0.1) is 0 Å². The Bertz CT molecular complexity index is 683. The van der Waals surface area contributed by atoms with Crippen molar-refractivity contribution in [1.82, 2.24) is 15.1 Å². The molecule has 0 bridgehead atoms. The third-order valence-corrected chi connectivity index (χ3v) is 3.85. The van der Waals surface area contributed by atoms with Gasteiger partial charge in [-0.1, -0.05) is 11.6 Å². The second-order valence-corrected chi connectivity index (χ2v) is 5.99. The first kappa shape index (κ1) is 17.8. The number of alkyl halides is 3. The van der Waals surface area contributed by atoms with E-state index in [0.29, 0.717) is 11.1 Å². The molecule has 0 unspecified atom stereocenters. The summed E-state index contributed by atoms with van der Waals surface area (Å²) in [6, 6.07) is 3.17. The minimum Gasteiger partial charge on any atom is -0.384 e. The Balaban J connectivity index is 2.04. The first-order valence-electron chi connectivity index (χ1n) is 6.87. The summed E-state index contributed by atoms with van der Waals surface area (Å²) in [5, 5.41) is 17.6. The highest BCUT2D eigenvalue weighted by atomic mass is 35.5. The largest absolute Gasteiger partial charge is 0.416 e. The molecule has 0 saturated carbocycles. The minimum absolute atomic E-state index is 0.110. The van der Waals surface area contributed by atoms with Gasteiger partial charge in [-0.3, -0.25) is 4.68 Å². The van der Waals surface area contributed by atoms with Crippen LogP contribution in [0.15, 0.2) is 30.6 Å². The molecule has 0 aliphatic heterocycles. The van der Waals surface area contributed by atoms with Gasteiger partial charge < -0.3 is 10.4 Å². The molecule has 0 amide bonds. The van der Waals surface area contributed by atoms with E-state index in [9.17, 15) is 18.3 Å². The van der Waals surface area contributed by atoms with E-state index in [1.165, 1.54) is 6.07 Å². The molecule has 0 saturated heterocycles. The number of nitrogens with one attached hydrogen (secondary N) is 1. The molecule has 0 aliphatic rings. The van der Waals surface area contributed by atoms with Gasteiger partial charge in [0.25, 0.3) is 0 Å². The van der Waals surface area contributed by atoms with Crippen LogP contribution in [0.3, 0.4) is 0 Å². The Labute approximate surface area is 136 Å². The van der Waals surface area contributed by atoms with Crippen molar-refractivity contribution < 1.29 is 18.3 Å². The molecule has 1 heterocycles. The SMILES string of the molecule is Cn1cc([C@](C)(O)CNCc2cc(C(F)(F)F)ccc2Cl)cn1. The van der Waals surface area contributed by atoms with E-state index in [1.54, 1.807) is 31.0 Å². The average Bonchev–Trinajstić information content (AvgIpc) is 2.87. The number of halogens is 4. The summed E-state index contributed by atoms with van der Waals surface area (Å²) in [4.78, 5) is 0. The summed E-state index contributed by atoms with van der Waals surface area (Å²) < 4.78 is 39.7. The highest BCUT2D eigenvalue weighted by Gasteiger charge is 2.31. The zero-order valence-electron chi connectivity index (χ0n) is 12.7. The Morgan fingerprint density at radius 2 is 2.00 bits per heavy atom. The fourth-order valence-electron chi connectivity index (χ4n) is 2.13. The molecule has 23 heavy (non-hydrogen) atoms. The number of aromatic nitrogens is 2. The zero-order valence-corrected chi connectivity index (χ0v) is 13.4. The van der Waals surface area contributed by atoms with Gasteiger partial charge in [-0.05, 0) is 30.7 Å². The molecule has 2 rings (SSSR count). The van der Waals surface area contributed by atoms with E-state index < -0.39 is 17.3 Å². The van der Waals surface area contributed by atoms with Crippen molar-refractivity contribution in [2.24, 2.45) is 7.05 Å². The summed E-state index contributed by atoms with van der Waals surface area (Å²) in [5.74, 6) is 0. The van der Waals surface area contributed by atoms with E-state index in [2.05, 4.69) is 10.4 Å². The molecule has 0 radical (unpaired) electrons. The predicted molar refractivity (Wildman–Crippen MR) is 80.9 cm³/mol. The van der Waals surface area contributed by atoms with Gasteiger partial charge in [0.1, 0.15) is 5.60 Å². The molecule has 2 N–H and O–H groups in total. The Kier molecular flexibility index (Phi) is 5.03. The van der Waals surface area contributed by atoms with E-state index in [-0.39, 0.29) is 18.1 Å². The lowest BCUT2D eigenvalue weighted by Crippen LogP contribution is -2.35. The molecule has 1 atom stereocenters. The van der Waals surface area contributed by atoms with Crippen LogP contribution < -0.4 is 5.32 Å². The fraction of sp³-hybridized carbons (Fsp3) is 0.400. The molecule has 0 aliphatic carbocycles. The highest BCUT2D eigenvalue weighted by molar-refractivity contribution is 6.31. The fourth-order valence-corrected chi connectivity index (χ4v) is 2.31. The van der Waals surface area contributed by atoms with E-state index in [1.807, 2.05) is 0 Å². The summed E-state index contributed by atoms with van der Waals surface area (Å²) in [6.45, 7) is 1.86. The smallest absolute Gasteiger partial charge is 0.384 e. The van der Waals surface area contributed by atoms with Crippen molar-refractivity contribution >= 4 is 11.6 Å². The number of nitrogens with zero attached hydrogens (tertiary/aromatic N) is 2. The Morgan fingerprint density at radius 1 is 1.30 bits per heavy atom. The average molecular weight is 348 g/mol. The van der Waals surface area contributed by atoms with Crippen molar-refractivity contribution in [2.75, 3.05) is 6.54 Å². The van der Waals surface area contributed by atoms with E-state index in [0.717, 1.165) is 12.1 Å². The van der Waals surface area contributed by atoms with Gasteiger partial charge in [-0.25, -0.2) is 0 Å². The van der Waals surface area contributed by atoms with Crippen molar-refractivity contribution in [2.45, 2.75) is 25.2 Å². The van der Waals surface area contributed by atoms with Crippen molar-refractivity contribution in [3.8, 4) is 0 Å². The second kappa shape index (κ2) is 6.51. The first-order chi connectivity index (χ1) is 10.6. The van der Waals surface area contributed by atoms with Crippen LogP contribution in [0.2, 0.25) is 5.02 Å². The van der Waals surface area contributed by atoms with Gasteiger partial charge >= 0.3 is 6.18 Å². The molecular formula is C15H17ClF3N3O. The van der Waals surface area contributed by atoms with Crippen LogP contribution >= 0.6 is 11.6 Å². The summed E-state index contributed by atoms with van der Waals surface area (Å²) in [5.41, 5.74) is -1.01. The highest BCUT2D eigenvalue weighted by Crippen LogP contribution is 2.31. The van der Waals surface area contributed by atoms with Gasteiger partial charge in [0.05, 0.1) is 11.8 Å². The first-order valence-corrected chi connectivity index (χ1v) is 7.25. The Hall–Kier alpha value is -1.57. The maximum atomic E-state index is 12.7. The predicted octanol–water partition coefficient (Wildman–Crippen LogP) is 3.09. The Morgan fingerprint density at radius 3 is 2.57 bits per heavy atom. The summed E-state index contributed by atoms with van der Waals surface area (Å²) in [7, 11) is 1.73. The molecule has 2 aromatic rings. The van der Waals surface area contributed by atoms with Crippen molar-refractivity contribution in [1.29, 1.82) is 0 Å². The molecule has 4 nitrogen and oxygen atoms in total. The van der Waals surface area contributed by atoms with Crippen LogP contribution in [0.4, 0.5) is 13.2 Å². The number of rotatable bonds is 5. The lowest BCUT2D eigenvalue weighted by molar-refractivity contribution is -0.137. The number of hydrogen-bond acceptors (Lipinski definition) is 3. The van der Waals surface area contributed by atoms with Crippen LogP contribution in [0.5, 0.6) is 0 Å². The van der Waals surface area contributed by atoms with Crippen LogP contribution in [0.25, 0.3) is 0 Å². The third-order valence-electron chi connectivity index (χ3n) is 3.48. The molecule has 8 heteroatoms. The maximum Gasteiger partial charge on any atom is 0.416 e. The molecule has 0 fully saturated rings. The monoisotopic (exact) mass is 347 g/mol. The van der Waals surface area contributed by atoms with E-state index >= 15 is 0 Å². The lowest BCUT2D eigenvalue weighted by atomic mass is 9.99. The topological polar surface area (TPSA) is 50.1 Å². The molecular weight excluding hydrogens is 331 g/mol. The molecule has 1 aromatic heterocycles. The van der Waals surface area contributed by atoms with Crippen LogP contribution in [-0.2, 0) is 25.4 Å². The number of benzene rings is 1. The molecule has 1 aromatic carbocycles. The molecule has 126 valence electrons. The van der Waals surface area contributed by atoms with Gasteiger partial charge in [0.15, 0.2) is 0 Å². The van der Waals surface area contributed by atoms with E-state index in [4.69, 9.17) is 11.6 Å². The third kappa shape index (κ3) is 4.46. The van der Waals surface area contributed by atoms with Crippen molar-refractivity contribution in [3.05, 3.63) is 52.3 Å². The normalized spacial score (nSPS) is 14.7. The van der Waals surface area contributed by atoms with Crippen LogP contribution in [-0.4, -0.2) is 21.4 Å². The number of aliphatic hydroxyl groups is 1. The molecule has 0 spiro atoms. The van der Waals surface area contributed by atoms with Crippen molar-refractivity contribution in [3.63, 3.8) is 0 Å². The lowest BCUT2D eigenvalue weighted by Gasteiger charge is -2.22. The van der Waals surface area contributed by atoms with Crippen LogP contribution in [0, 0.1) is 0 Å². The summed E-state index contributed by atoms with van der Waals surface area (Å²) in [6.07, 6.45) is -1.20. The minimum atomic E-state index is -4.42. The zero-order chi connectivity index (χ0) is 17.3. The second-order valence-electron chi connectivity index (χ2n) is 5.58. The maximum absolute atomic E-state index is 12.7.